The Labute approximate surface area is 128 Å². The molecular weight excluding hydrogens is 375 g/mol. The van der Waals surface area contributed by atoms with E-state index in [0.717, 1.165) is 5.56 Å². The highest BCUT2D eigenvalue weighted by molar-refractivity contribution is 14.1. The van der Waals surface area contributed by atoms with Gasteiger partial charge in [0.05, 0.1) is 13.4 Å². The summed E-state index contributed by atoms with van der Waals surface area (Å²) in [5, 5.41) is 9.30. The van der Waals surface area contributed by atoms with Crippen LogP contribution in [0.15, 0.2) is 36.7 Å². The number of nitrogens with zero attached hydrogens (tertiary/aromatic N) is 2. The van der Waals surface area contributed by atoms with Crippen molar-refractivity contribution >= 4 is 34.5 Å². The van der Waals surface area contributed by atoms with Gasteiger partial charge in [0.2, 0.25) is 0 Å². The Morgan fingerprint density at radius 3 is 2.55 bits per heavy atom. The maximum atomic E-state index is 11.5. The largest absolute Gasteiger partial charge is 0.476 e. The minimum Gasteiger partial charge on any atom is -0.476 e. The maximum absolute atomic E-state index is 11.5. The van der Waals surface area contributed by atoms with E-state index in [-0.39, 0.29) is 15.4 Å². The minimum absolute atomic E-state index is 0.180. The molecule has 0 aliphatic carbocycles. The van der Waals surface area contributed by atoms with E-state index in [0.29, 0.717) is 0 Å². The first-order valence-electron chi connectivity index (χ1n) is 5.63. The predicted octanol–water partition coefficient (Wildman–Crippen LogP) is 2.35. The fraction of sp³-hybridized carbons (Fsp3) is 0.154. The number of hydrogen-bond donors (Lipinski definition) is 1. The Hall–Kier alpha value is -1.90. The van der Waals surface area contributed by atoms with Crippen molar-refractivity contribution in [3.63, 3.8) is 0 Å². The Bertz CT molecular complexity index is 639. The molecule has 1 aromatic carbocycles. The van der Waals surface area contributed by atoms with Crippen LogP contribution in [0.2, 0.25) is 0 Å². The van der Waals surface area contributed by atoms with Gasteiger partial charge < -0.3 is 14.4 Å². The van der Waals surface area contributed by atoms with E-state index in [1.165, 1.54) is 18.0 Å². The smallest absolute Gasteiger partial charge is 0.359 e. The van der Waals surface area contributed by atoms with E-state index in [4.69, 9.17) is 0 Å². The van der Waals surface area contributed by atoms with E-state index < -0.39 is 11.9 Å². The second kappa shape index (κ2) is 6.04. The first-order valence-corrected chi connectivity index (χ1v) is 6.88. The van der Waals surface area contributed by atoms with Crippen molar-refractivity contribution in [3.05, 3.63) is 53.6 Å². The van der Waals surface area contributed by atoms with Crippen LogP contribution in [0.1, 0.15) is 30.6 Å². The molecule has 0 spiro atoms. The Morgan fingerprint density at radius 2 is 2.00 bits per heavy atom. The van der Waals surface area contributed by atoms with Gasteiger partial charge in [-0.15, -0.1) is 0 Å². The number of imidazole rings is 1. The number of benzene rings is 1. The third-order valence-corrected chi connectivity index (χ3v) is 4.01. The summed E-state index contributed by atoms with van der Waals surface area (Å²) >= 11 is 2.09. The Morgan fingerprint density at radius 1 is 1.35 bits per heavy atom. The normalized spacial score (nSPS) is 11.9. The molecule has 0 fully saturated rings. The van der Waals surface area contributed by atoms with Crippen LogP contribution >= 0.6 is 22.6 Å². The molecule has 0 radical (unpaired) electrons. The Kier molecular flexibility index (Phi) is 4.38. The fourth-order valence-electron chi connectivity index (χ4n) is 1.76. The van der Waals surface area contributed by atoms with Crippen molar-refractivity contribution in [2.75, 3.05) is 7.11 Å². The summed E-state index contributed by atoms with van der Waals surface area (Å²) in [6, 6.07) is 9.35. The van der Waals surface area contributed by atoms with Crippen LogP contribution in [0.3, 0.4) is 0 Å². The van der Waals surface area contributed by atoms with Crippen LogP contribution in [0.25, 0.3) is 0 Å². The molecule has 1 heterocycles. The van der Waals surface area contributed by atoms with Gasteiger partial charge in [0, 0.05) is 0 Å². The van der Waals surface area contributed by atoms with Crippen LogP contribution < -0.4 is 0 Å². The standard InChI is InChI=1S/C13H11IN2O4/c1-20-13(19)9-10(12(17)18)16(7-15-9)11(14)8-5-3-2-4-6-8/h2-7,11H,1H3,(H,17,18). The van der Waals surface area contributed by atoms with Crippen molar-refractivity contribution < 1.29 is 19.4 Å². The lowest BCUT2D eigenvalue weighted by atomic mass is 10.2. The lowest BCUT2D eigenvalue weighted by Gasteiger charge is -2.13. The zero-order valence-corrected chi connectivity index (χ0v) is 12.6. The number of carboxylic acids is 1. The summed E-state index contributed by atoms with van der Waals surface area (Å²) in [5.74, 6) is -1.99. The summed E-state index contributed by atoms with van der Waals surface area (Å²) in [6.45, 7) is 0. The molecule has 0 bridgehead atoms. The van der Waals surface area contributed by atoms with Gasteiger partial charge in [-0.25, -0.2) is 14.6 Å². The van der Waals surface area contributed by atoms with E-state index in [1.807, 2.05) is 30.3 Å². The van der Waals surface area contributed by atoms with Gasteiger partial charge in [0.25, 0.3) is 0 Å². The van der Waals surface area contributed by atoms with Gasteiger partial charge in [0.15, 0.2) is 11.4 Å². The molecule has 2 rings (SSSR count). The van der Waals surface area contributed by atoms with Crippen LogP contribution in [0.4, 0.5) is 0 Å². The number of esters is 1. The molecule has 0 amide bonds. The van der Waals surface area contributed by atoms with Crippen molar-refractivity contribution in [1.29, 1.82) is 0 Å². The predicted molar refractivity (Wildman–Crippen MR) is 79.1 cm³/mol. The highest BCUT2D eigenvalue weighted by Gasteiger charge is 2.27. The Balaban J connectivity index is 2.50. The third kappa shape index (κ3) is 2.67. The fourth-order valence-corrected chi connectivity index (χ4v) is 2.60. The molecule has 0 aliphatic rings. The summed E-state index contributed by atoms with van der Waals surface area (Å²) in [5.41, 5.74) is 0.530. The maximum Gasteiger partial charge on any atom is 0.359 e. The summed E-state index contributed by atoms with van der Waals surface area (Å²) < 4.78 is 5.69. The topological polar surface area (TPSA) is 81.4 Å². The number of halogens is 1. The second-order valence-corrected chi connectivity index (χ2v) is 5.07. The van der Waals surface area contributed by atoms with Gasteiger partial charge in [-0.1, -0.05) is 52.9 Å². The van der Waals surface area contributed by atoms with Crippen LogP contribution in [0.5, 0.6) is 0 Å². The van der Waals surface area contributed by atoms with Crippen molar-refractivity contribution in [1.82, 2.24) is 9.55 Å². The van der Waals surface area contributed by atoms with Gasteiger partial charge in [-0.2, -0.15) is 0 Å². The number of rotatable bonds is 4. The molecule has 7 heteroatoms. The molecule has 1 N–H and O–H groups in total. The molecule has 6 nitrogen and oxygen atoms in total. The molecule has 2 aromatic rings. The van der Waals surface area contributed by atoms with Crippen molar-refractivity contribution in [2.45, 2.75) is 4.05 Å². The zero-order valence-electron chi connectivity index (χ0n) is 10.5. The quantitative estimate of drug-likeness (QED) is 0.496. The SMILES string of the molecule is COC(=O)c1ncn(C(I)c2ccccc2)c1C(=O)O. The number of ether oxygens (including phenoxy) is 1. The lowest BCUT2D eigenvalue weighted by molar-refractivity contribution is 0.0574. The number of aromatic carboxylic acids is 1. The number of aromatic nitrogens is 2. The number of methoxy groups -OCH3 is 1. The van der Waals surface area contributed by atoms with Crippen LogP contribution in [-0.2, 0) is 4.74 Å². The van der Waals surface area contributed by atoms with Crippen LogP contribution in [0, 0.1) is 0 Å². The first-order chi connectivity index (χ1) is 9.56. The van der Waals surface area contributed by atoms with E-state index in [1.54, 1.807) is 0 Å². The molecular formula is C13H11IN2O4. The van der Waals surface area contributed by atoms with Crippen molar-refractivity contribution in [2.24, 2.45) is 0 Å². The number of carbonyl (C=O) groups is 2. The van der Waals surface area contributed by atoms with Gasteiger partial charge in [-0.05, 0) is 5.56 Å². The molecule has 0 aliphatic heterocycles. The molecule has 104 valence electrons. The molecule has 1 unspecified atom stereocenters. The minimum atomic E-state index is -1.22. The number of hydrogen-bond acceptors (Lipinski definition) is 4. The summed E-state index contributed by atoms with van der Waals surface area (Å²) in [7, 11) is 1.19. The second-order valence-electron chi connectivity index (χ2n) is 3.89. The van der Waals surface area contributed by atoms with Gasteiger partial charge in [0.1, 0.15) is 4.05 Å². The number of carboxylic acid groups (broad SMARTS) is 1. The highest BCUT2D eigenvalue weighted by atomic mass is 127. The number of carbonyl (C=O) groups excluding carboxylic acids is 1. The summed E-state index contributed by atoms with van der Waals surface area (Å²) in [4.78, 5) is 26.8. The van der Waals surface area contributed by atoms with E-state index in [9.17, 15) is 14.7 Å². The van der Waals surface area contributed by atoms with Gasteiger partial charge in [-0.3, -0.25) is 0 Å². The van der Waals surface area contributed by atoms with E-state index in [2.05, 4.69) is 32.3 Å². The molecule has 1 aromatic heterocycles. The first kappa shape index (κ1) is 14.5. The zero-order chi connectivity index (χ0) is 14.7. The lowest BCUT2D eigenvalue weighted by Crippen LogP contribution is -2.15. The highest BCUT2D eigenvalue weighted by Crippen LogP contribution is 2.28. The molecule has 0 saturated carbocycles. The molecule has 20 heavy (non-hydrogen) atoms. The van der Waals surface area contributed by atoms with Gasteiger partial charge >= 0.3 is 11.9 Å². The van der Waals surface area contributed by atoms with E-state index >= 15 is 0 Å². The average molecular weight is 386 g/mol. The summed E-state index contributed by atoms with van der Waals surface area (Å²) in [6.07, 6.45) is 1.33. The van der Waals surface area contributed by atoms with Crippen LogP contribution in [-0.4, -0.2) is 33.7 Å². The van der Waals surface area contributed by atoms with Crippen molar-refractivity contribution in [3.8, 4) is 0 Å². The number of alkyl halides is 1. The monoisotopic (exact) mass is 386 g/mol. The average Bonchev–Trinajstić information content (AvgIpc) is 2.91. The third-order valence-electron chi connectivity index (χ3n) is 2.69. The molecule has 1 atom stereocenters. The molecule has 0 saturated heterocycles.